The summed E-state index contributed by atoms with van der Waals surface area (Å²) in [7, 11) is 2.23. The molecular formula is C19H27N5OS+2. The lowest BCUT2D eigenvalue weighted by Gasteiger charge is -2.38. The van der Waals surface area contributed by atoms with E-state index in [-0.39, 0.29) is 5.54 Å². The average molecular weight is 374 g/mol. The summed E-state index contributed by atoms with van der Waals surface area (Å²) in [6, 6.07) is 4.63. The van der Waals surface area contributed by atoms with Gasteiger partial charge in [0, 0.05) is 18.6 Å². The number of likely N-dealkylation sites (N-methyl/N-ethyl adjacent to an activating group) is 1. The summed E-state index contributed by atoms with van der Waals surface area (Å²) in [6.07, 6.45) is 1.36. The molecule has 0 aliphatic carbocycles. The van der Waals surface area contributed by atoms with Crippen molar-refractivity contribution in [3.05, 3.63) is 16.7 Å². The van der Waals surface area contributed by atoms with E-state index >= 15 is 0 Å². The fourth-order valence-corrected chi connectivity index (χ4v) is 4.52. The maximum Gasteiger partial charge on any atom is 0.284 e. The molecule has 3 heterocycles. The number of nitrogens with one attached hydrogen (secondary N) is 2. The predicted octanol–water partition coefficient (Wildman–Crippen LogP) is 0.564. The number of fused-ring (bicyclic) bond motifs is 1. The first kappa shape index (κ1) is 19.0. The normalized spacial score (nSPS) is 21.6. The number of pyridine rings is 1. The number of aromatic nitrogens is 1. The molecule has 2 N–H and O–H groups in total. The lowest BCUT2D eigenvalue weighted by atomic mass is 9.84. The summed E-state index contributed by atoms with van der Waals surface area (Å²) >= 11 is 1.58. The molecule has 1 saturated heterocycles. The average Bonchev–Trinajstić information content (AvgIpc) is 2.63. The summed E-state index contributed by atoms with van der Waals surface area (Å²) in [5, 5.41) is 19.6. The molecule has 1 atom stereocenters. The molecule has 1 aromatic rings. The van der Waals surface area contributed by atoms with Gasteiger partial charge in [0.05, 0.1) is 31.9 Å². The molecule has 3 rings (SSSR count). The topological polar surface area (TPSA) is 78.6 Å². The van der Waals surface area contributed by atoms with Crippen LogP contribution in [0, 0.1) is 22.7 Å². The van der Waals surface area contributed by atoms with Gasteiger partial charge in [-0.25, -0.2) is 4.98 Å². The quantitative estimate of drug-likeness (QED) is 0.616. The Kier molecular flexibility index (Phi) is 5.72. The highest BCUT2D eigenvalue weighted by atomic mass is 32.2. The zero-order chi connectivity index (χ0) is 18.7. The van der Waals surface area contributed by atoms with E-state index < -0.39 is 0 Å². The maximum absolute atomic E-state index is 9.88. The van der Waals surface area contributed by atoms with Gasteiger partial charge in [-0.2, -0.15) is 10.5 Å². The Bertz CT molecular complexity index is 759. The summed E-state index contributed by atoms with van der Waals surface area (Å²) in [5.74, 6) is 1.83. The molecule has 26 heavy (non-hydrogen) atoms. The van der Waals surface area contributed by atoms with Crippen molar-refractivity contribution < 1.29 is 14.6 Å². The van der Waals surface area contributed by atoms with Crippen molar-refractivity contribution in [3.63, 3.8) is 0 Å². The van der Waals surface area contributed by atoms with Crippen LogP contribution in [-0.4, -0.2) is 44.6 Å². The van der Waals surface area contributed by atoms with Gasteiger partial charge in [0.25, 0.3) is 5.82 Å². The summed E-state index contributed by atoms with van der Waals surface area (Å²) in [5.41, 5.74) is 3.31. The zero-order valence-electron chi connectivity index (χ0n) is 15.8. The Morgan fingerprint density at radius 2 is 2.00 bits per heavy atom. The van der Waals surface area contributed by atoms with Gasteiger partial charge in [-0.3, -0.25) is 4.90 Å². The van der Waals surface area contributed by atoms with E-state index in [2.05, 4.69) is 42.9 Å². The number of H-pyrrole nitrogens is 1. The van der Waals surface area contributed by atoms with Crippen LogP contribution in [0.3, 0.4) is 0 Å². The monoisotopic (exact) mass is 373 g/mol. The van der Waals surface area contributed by atoms with Crippen molar-refractivity contribution in [1.82, 2.24) is 0 Å². The highest BCUT2D eigenvalue weighted by Crippen LogP contribution is 2.32. The molecule has 0 radical (unpaired) electrons. The van der Waals surface area contributed by atoms with Gasteiger partial charge in [0.2, 0.25) is 0 Å². The molecule has 1 aromatic heterocycles. The number of morpholine rings is 1. The molecule has 1 unspecified atom stereocenters. The fourth-order valence-electron chi connectivity index (χ4n) is 3.64. The van der Waals surface area contributed by atoms with Crippen molar-refractivity contribution in [1.29, 1.82) is 10.5 Å². The molecule has 2 aliphatic heterocycles. The number of anilines is 1. The van der Waals surface area contributed by atoms with Crippen LogP contribution in [0.1, 0.15) is 37.0 Å². The van der Waals surface area contributed by atoms with Crippen molar-refractivity contribution in [2.45, 2.75) is 43.8 Å². The second kappa shape index (κ2) is 7.84. The fraction of sp³-hybridized carbons (Fsp3) is 0.632. The van der Waals surface area contributed by atoms with E-state index in [0.717, 1.165) is 55.7 Å². The number of aromatic amines is 1. The molecule has 0 saturated carbocycles. The van der Waals surface area contributed by atoms with Crippen LogP contribution in [-0.2, 0) is 17.7 Å². The number of hydrogen-bond donors (Lipinski definition) is 1. The number of hydrogen-bond acceptors (Lipinski definition) is 5. The SMILES string of the molecule is C[NH+]1Cc2c(N3CCOCC3)[nH+]c(SCCC#N)c(C#N)c2CC1(C)C. The van der Waals surface area contributed by atoms with Crippen LogP contribution in [0.15, 0.2) is 5.03 Å². The molecule has 0 bridgehead atoms. The zero-order valence-corrected chi connectivity index (χ0v) is 16.6. The van der Waals surface area contributed by atoms with Crippen LogP contribution < -0.4 is 14.8 Å². The van der Waals surface area contributed by atoms with Crippen molar-refractivity contribution in [2.75, 3.05) is 44.0 Å². The molecule has 1 fully saturated rings. The minimum absolute atomic E-state index is 0.0941. The van der Waals surface area contributed by atoms with E-state index in [0.29, 0.717) is 12.2 Å². The van der Waals surface area contributed by atoms with Gasteiger partial charge in [0.15, 0.2) is 5.03 Å². The Labute approximate surface area is 159 Å². The molecular weight excluding hydrogens is 346 g/mol. The first-order valence-corrected chi connectivity index (χ1v) is 10.1. The smallest absolute Gasteiger partial charge is 0.284 e. The van der Waals surface area contributed by atoms with Crippen molar-refractivity contribution in [2.24, 2.45) is 0 Å². The number of rotatable bonds is 4. The second-order valence-corrected chi connectivity index (χ2v) is 8.73. The van der Waals surface area contributed by atoms with Gasteiger partial charge >= 0.3 is 0 Å². The van der Waals surface area contributed by atoms with Gasteiger partial charge < -0.3 is 9.64 Å². The van der Waals surface area contributed by atoms with E-state index in [9.17, 15) is 5.26 Å². The highest BCUT2D eigenvalue weighted by molar-refractivity contribution is 7.99. The summed E-state index contributed by atoms with van der Waals surface area (Å²) < 4.78 is 5.52. The van der Waals surface area contributed by atoms with E-state index in [1.54, 1.807) is 11.8 Å². The number of thioether (sulfide) groups is 1. The largest absolute Gasteiger partial charge is 0.373 e. The van der Waals surface area contributed by atoms with E-state index in [1.807, 2.05) is 0 Å². The lowest BCUT2D eigenvalue weighted by molar-refractivity contribution is -0.945. The maximum atomic E-state index is 9.88. The Hall–Kier alpha value is -1.80. The van der Waals surface area contributed by atoms with E-state index in [4.69, 9.17) is 10.00 Å². The summed E-state index contributed by atoms with van der Waals surface area (Å²) in [4.78, 5) is 7.37. The third kappa shape index (κ3) is 3.66. The number of ether oxygens (including phenoxy) is 1. The molecule has 0 amide bonds. The second-order valence-electron chi connectivity index (χ2n) is 7.62. The predicted molar refractivity (Wildman–Crippen MR) is 100 cm³/mol. The number of nitriles is 2. The van der Waals surface area contributed by atoms with Crippen molar-refractivity contribution in [3.8, 4) is 12.1 Å². The third-order valence-electron chi connectivity index (χ3n) is 5.53. The Balaban J connectivity index is 2.10. The summed E-state index contributed by atoms with van der Waals surface area (Å²) in [6.45, 7) is 8.62. The molecule has 0 aromatic carbocycles. The minimum atomic E-state index is 0.0941. The molecule has 7 heteroatoms. The molecule has 0 spiro atoms. The van der Waals surface area contributed by atoms with Gasteiger partial charge in [-0.05, 0) is 19.4 Å². The lowest BCUT2D eigenvalue weighted by Crippen LogP contribution is -3.16. The van der Waals surface area contributed by atoms with Gasteiger partial charge in [-0.15, -0.1) is 0 Å². The van der Waals surface area contributed by atoms with Crippen LogP contribution in [0.25, 0.3) is 0 Å². The first-order valence-electron chi connectivity index (χ1n) is 9.14. The Morgan fingerprint density at radius 3 is 2.65 bits per heavy atom. The van der Waals surface area contributed by atoms with Crippen LogP contribution in [0.5, 0.6) is 0 Å². The molecule has 138 valence electrons. The van der Waals surface area contributed by atoms with Crippen LogP contribution in [0.4, 0.5) is 5.82 Å². The van der Waals surface area contributed by atoms with Crippen LogP contribution >= 0.6 is 11.8 Å². The number of quaternary nitrogens is 1. The van der Waals surface area contributed by atoms with Gasteiger partial charge in [0.1, 0.15) is 36.8 Å². The molecule has 2 aliphatic rings. The first-order chi connectivity index (χ1) is 12.5. The van der Waals surface area contributed by atoms with E-state index in [1.165, 1.54) is 16.0 Å². The third-order valence-corrected chi connectivity index (χ3v) is 6.53. The van der Waals surface area contributed by atoms with Gasteiger partial charge in [-0.1, -0.05) is 11.8 Å². The minimum Gasteiger partial charge on any atom is -0.373 e. The number of nitrogens with zero attached hydrogens (tertiary/aromatic N) is 3. The Morgan fingerprint density at radius 1 is 1.27 bits per heavy atom. The van der Waals surface area contributed by atoms with Crippen LogP contribution in [0.2, 0.25) is 0 Å². The standard InChI is InChI=1S/C19H25N5OS/c1-19(2)11-14-15(12-21)18(26-10-4-5-20)22-17(16(14)13-23(19)3)24-6-8-25-9-7-24/h4,6-11,13H2,1-3H3/p+2. The highest BCUT2D eigenvalue weighted by Gasteiger charge is 2.41. The van der Waals surface area contributed by atoms with Crippen molar-refractivity contribution >= 4 is 17.6 Å². The molecule has 6 nitrogen and oxygen atoms in total.